The zero-order valence-corrected chi connectivity index (χ0v) is 9.19. The maximum absolute atomic E-state index is 11.5. The first-order chi connectivity index (χ1) is 7.06. The molecular weight excluding hydrogens is 196 g/mol. The van der Waals surface area contributed by atoms with Crippen LogP contribution in [0.5, 0.6) is 0 Å². The Bertz CT molecular complexity index is 253. The van der Waals surface area contributed by atoms with Gasteiger partial charge >= 0.3 is 0 Å². The zero-order valence-electron chi connectivity index (χ0n) is 9.19. The van der Waals surface area contributed by atoms with E-state index < -0.39 is 0 Å². The summed E-state index contributed by atoms with van der Waals surface area (Å²) in [6.07, 6.45) is 0.287. The molecule has 0 radical (unpaired) electrons. The molecule has 15 heavy (non-hydrogen) atoms. The Hall–Kier alpha value is -1.10. The van der Waals surface area contributed by atoms with Crippen LogP contribution >= 0.6 is 0 Å². The maximum atomic E-state index is 11.5. The molecule has 5 heteroatoms. The van der Waals surface area contributed by atoms with E-state index in [0.29, 0.717) is 6.54 Å². The lowest BCUT2D eigenvalue weighted by Crippen LogP contribution is -2.36. The van der Waals surface area contributed by atoms with E-state index in [1.165, 1.54) is 0 Å². The lowest BCUT2D eigenvalue weighted by atomic mass is 10.1. The average Bonchev–Trinajstić information content (AvgIpc) is 2.56. The molecule has 2 amide bonds. The molecule has 2 N–H and O–H groups in total. The molecule has 1 rings (SSSR count). The molecule has 0 aromatic heterocycles. The number of likely N-dealkylation sites (tertiary alicyclic amines) is 1. The number of rotatable bonds is 4. The third-order valence-corrected chi connectivity index (χ3v) is 2.56. The number of nitrogens with one attached hydrogen (secondary N) is 1. The van der Waals surface area contributed by atoms with E-state index in [1.807, 2.05) is 13.8 Å². The van der Waals surface area contributed by atoms with Crippen LogP contribution in [0, 0.1) is 5.92 Å². The van der Waals surface area contributed by atoms with Crippen molar-refractivity contribution in [2.24, 2.45) is 5.92 Å². The minimum atomic E-state index is -0.258. The van der Waals surface area contributed by atoms with Gasteiger partial charge in [-0.15, -0.1) is 0 Å². The van der Waals surface area contributed by atoms with Gasteiger partial charge in [-0.25, -0.2) is 0 Å². The first-order valence-electron chi connectivity index (χ1n) is 5.24. The van der Waals surface area contributed by atoms with Crippen molar-refractivity contribution in [2.45, 2.75) is 26.3 Å². The number of aliphatic hydroxyl groups excluding tert-OH is 1. The van der Waals surface area contributed by atoms with E-state index in [9.17, 15) is 9.59 Å². The Balaban J connectivity index is 2.47. The fourth-order valence-electron chi connectivity index (χ4n) is 1.73. The first-order valence-corrected chi connectivity index (χ1v) is 5.24. The zero-order chi connectivity index (χ0) is 11.4. The summed E-state index contributed by atoms with van der Waals surface area (Å²) >= 11 is 0. The summed E-state index contributed by atoms with van der Waals surface area (Å²) in [6.45, 7) is 4.55. The number of hydrogen-bond donors (Lipinski definition) is 2. The molecule has 0 aromatic carbocycles. The topological polar surface area (TPSA) is 69.6 Å². The smallest absolute Gasteiger partial charge is 0.225 e. The van der Waals surface area contributed by atoms with Crippen LogP contribution in [0.4, 0.5) is 0 Å². The van der Waals surface area contributed by atoms with Crippen LogP contribution in [-0.4, -0.2) is 47.6 Å². The molecule has 5 nitrogen and oxygen atoms in total. The summed E-state index contributed by atoms with van der Waals surface area (Å²) in [4.78, 5) is 24.7. The van der Waals surface area contributed by atoms with E-state index in [4.69, 9.17) is 5.11 Å². The van der Waals surface area contributed by atoms with Gasteiger partial charge in [-0.2, -0.15) is 0 Å². The molecule has 86 valence electrons. The summed E-state index contributed by atoms with van der Waals surface area (Å²) in [5.74, 6) is -0.360. The van der Waals surface area contributed by atoms with Gasteiger partial charge in [0.2, 0.25) is 11.8 Å². The molecule has 0 saturated carbocycles. The van der Waals surface area contributed by atoms with Crippen LogP contribution in [0.3, 0.4) is 0 Å². The molecule has 1 fully saturated rings. The van der Waals surface area contributed by atoms with Gasteiger partial charge in [-0.1, -0.05) is 0 Å². The molecular formula is C10H18N2O3. The van der Waals surface area contributed by atoms with Crippen molar-refractivity contribution >= 4 is 11.8 Å². The second kappa shape index (κ2) is 5.11. The van der Waals surface area contributed by atoms with E-state index in [1.54, 1.807) is 4.90 Å². The van der Waals surface area contributed by atoms with Crippen LogP contribution < -0.4 is 5.32 Å². The molecule has 1 heterocycles. The predicted molar refractivity (Wildman–Crippen MR) is 55.1 cm³/mol. The van der Waals surface area contributed by atoms with Gasteiger partial charge in [0.15, 0.2) is 0 Å². The van der Waals surface area contributed by atoms with Crippen LogP contribution in [0.1, 0.15) is 20.3 Å². The standard InChI is InChI=1S/C10H18N2O3/c1-7(2)12-6-8(5-9(12)14)10(15)11-3-4-13/h7-8,13H,3-6H2,1-2H3,(H,11,15). The summed E-state index contributed by atoms with van der Waals surface area (Å²) < 4.78 is 0. The third-order valence-electron chi connectivity index (χ3n) is 2.56. The van der Waals surface area contributed by atoms with Gasteiger partial charge < -0.3 is 15.3 Å². The summed E-state index contributed by atoms with van der Waals surface area (Å²) in [5.41, 5.74) is 0. The average molecular weight is 214 g/mol. The molecule has 1 unspecified atom stereocenters. The highest BCUT2D eigenvalue weighted by Crippen LogP contribution is 2.19. The number of carbonyl (C=O) groups is 2. The highest BCUT2D eigenvalue weighted by Gasteiger charge is 2.35. The van der Waals surface area contributed by atoms with Crippen molar-refractivity contribution in [1.82, 2.24) is 10.2 Å². The second-order valence-corrected chi connectivity index (χ2v) is 4.06. The number of amides is 2. The fourth-order valence-corrected chi connectivity index (χ4v) is 1.73. The molecule has 0 bridgehead atoms. The Labute approximate surface area is 89.4 Å². The van der Waals surface area contributed by atoms with E-state index >= 15 is 0 Å². The summed E-state index contributed by atoms with van der Waals surface area (Å²) in [7, 11) is 0. The van der Waals surface area contributed by atoms with Gasteiger partial charge in [0, 0.05) is 25.6 Å². The Kier molecular flexibility index (Phi) is 4.08. The molecule has 1 aliphatic heterocycles. The van der Waals surface area contributed by atoms with E-state index in [0.717, 1.165) is 0 Å². The van der Waals surface area contributed by atoms with Crippen molar-refractivity contribution in [3.63, 3.8) is 0 Å². The van der Waals surface area contributed by atoms with E-state index in [-0.39, 0.29) is 43.3 Å². The Morgan fingerprint density at radius 1 is 1.67 bits per heavy atom. The van der Waals surface area contributed by atoms with Gasteiger partial charge in [-0.05, 0) is 13.8 Å². The van der Waals surface area contributed by atoms with Gasteiger partial charge in [0.1, 0.15) is 0 Å². The largest absolute Gasteiger partial charge is 0.395 e. The third kappa shape index (κ3) is 2.92. The SMILES string of the molecule is CC(C)N1CC(C(=O)NCCO)CC1=O. The molecule has 1 saturated heterocycles. The second-order valence-electron chi connectivity index (χ2n) is 4.06. The molecule has 0 aromatic rings. The number of aliphatic hydroxyl groups is 1. The summed E-state index contributed by atoms with van der Waals surface area (Å²) in [5, 5.41) is 11.1. The highest BCUT2D eigenvalue weighted by molar-refractivity contribution is 5.89. The minimum absolute atomic E-state index is 0.0362. The van der Waals surface area contributed by atoms with Gasteiger partial charge in [0.05, 0.1) is 12.5 Å². The van der Waals surface area contributed by atoms with Crippen LogP contribution in [-0.2, 0) is 9.59 Å². The Morgan fingerprint density at radius 3 is 2.80 bits per heavy atom. The van der Waals surface area contributed by atoms with Gasteiger partial charge in [-0.3, -0.25) is 9.59 Å². The van der Waals surface area contributed by atoms with E-state index in [2.05, 4.69) is 5.32 Å². The fraction of sp³-hybridized carbons (Fsp3) is 0.800. The van der Waals surface area contributed by atoms with Crippen LogP contribution in [0.15, 0.2) is 0 Å². The number of nitrogens with zero attached hydrogens (tertiary/aromatic N) is 1. The number of carbonyl (C=O) groups excluding carboxylic acids is 2. The van der Waals surface area contributed by atoms with Gasteiger partial charge in [0.25, 0.3) is 0 Å². The normalized spacial score (nSPS) is 21.2. The minimum Gasteiger partial charge on any atom is -0.395 e. The van der Waals surface area contributed by atoms with Crippen molar-refractivity contribution in [3.8, 4) is 0 Å². The van der Waals surface area contributed by atoms with Crippen molar-refractivity contribution in [2.75, 3.05) is 19.7 Å². The summed E-state index contributed by atoms with van der Waals surface area (Å²) in [6, 6.07) is 0.146. The molecule has 1 atom stereocenters. The van der Waals surface area contributed by atoms with Crippen molar-refractivity contribution < 1.29 is 14.7 Å². The lowest BCUT2D eigenvalue weighted by Gasteiger charge is -2.20. The maximum Gasteiger partial charge on any atom is 0.225 e. The van der Waals surface area contributed by atoms with Crippen molar-refractivity contribution in [3.05, 3.63) is 0 Å². The number of hydrogen-bond acceptors (Lipinski definition) is 3. The quantitative estimate of drug-likeness (QED) is 0.653. The molecule has 0 aliphatic carbocycles. The van der Waals surface area contributed by atoms with Crippen LogP contribution in [0.2, 0.25) is 0 Å². The first kappa shape index (κ1) is 12.0. The predicted octanol–water partition coefficient (Wildman–Crippen LogP) is -0.648. The highest BCUT2D eigenvalue weighted by atomic mass is 16.3. The Morgan fingerprint density at radius 2 is 2.33 bits per heavy atom. The van der Waals surface area contributed by atoms with Crippen LogP contribution in [0.25, 0.3) is 0 Å². The van der Waals surface area contributed by atoms with Crippen molar-refractivity contribution in [1.29, 1.82) is 0 Å². The lowest BCUT2D eigenvalue weighted by molar-refractivity contribution is -0.129. The molecule has 0 spiro atoms. The monoisotopic (exact) mass is 214 g/mol. The molecule has 1 aliphatic rings.